The normalized spacial score (nSPS) is 20.6. The Labute approximate surface area is 99.0 Å². The first-order chi connectivity index (χ1) is 7.22. The molecule has 1 aliphatic heterocycles. The fraction of sp³-hybridized carbons (Fsp3) is 0.364. The van der Waals surface area contributed by atoms with E-state index in [4.69, 9.17) is 11.8 Å². The van der Waals surface area contributed by atoms with Gasteiger partial charge in [-0.2, -0.15) is 0 Å². The van der Waals surface area contributed by atoms with Crippen LogP contribution >= 0.6 is 23.1 Å². The number of rotatable bonds is 2. The molecule has 2 rings (SSSR count). The maximum Gasteiger partial charge on any atom is 0.109 e. The number of allylic oxidation sites excluding steroid dienone is 2. The molecule has 2 heterocycles. The fourth-order valence-corrected chi connectivity index (χ4v) is 2.70. The molecule has 1 aliphatic rings. The molecular formula is C11H13ClN2S. The van der Waals surface area contributed by atoms with Crippen LogP contribution in [0.15, 0.2) is 29.3 Å². The lowest BCUT2D eigenvalue weighted by Gasteiger charge is -2.25. The van der Waals surface area contributed by atoms with Crippen LogP contribution < -0.4 is 0 Å². The Bertz CT molecular complexity index is 408. The second-order valence-corrected chi connectivity index (χ2v) is 4.85. The highest BCUT2D eigenvalue weighted by molar-refractivity contribution is 7.09. The van der Waals surface area contributed by atoms with Crippen molar-refractivity contribution in [3.8, 4) is 0 Å². The summed E-state index contributed by atoms with van der Waals surface area (Å²) < 4.78 is 1.68. The lowest BCUT2D eigenvalue weighted by molar-refractivity contribution is 0.484. The molecule has 0 aromatic carbocycles. The Morgan fingerprint density at radius 1 is 1.60 bits per heavy atom. The Morgan fingerprint density at radius 3 is 3.00 bits per heavy atom. The van der Waals surface area contributed by atoms with Gasteiger partial charge in [-0.15, -0.1) is 11.3 Å². The van der Waals surface area contributed by atoms with Gasteiger partial charge in [0.15, 0.2) is 0 Å². The van der Waals surface area contributed by atoms with Gasteiger partial charge in [-0.1, -0.05) is 13.0 Å². The third kappa shape index (κ3) is 2.08. The SMILES string of the molecule is CCc1nc(C2C(C)=CC=CN2Cl)cs1. The molecule has 1 atom stereocenters. The van der Waals surface area contributed by atoms with Crippen molar-refractivity contribution < 1.29 is 0 Å². The molecule has 1 aromatic heterocycles. The van der Waals surface area contributed by atoms with E-state index in [1.54, 1.807) is 15.8 Å². The van der Waals surface area contributed by atoms with Crippen LogP contribution in [0.2, 0.25) is 0 Å². The molecule has 1 unspecified atom stereocenters. The van der Waals surface area contributed by atoms with Crippen molar-refractivity contribution in [3.63, 3.8) is 0 Å². The van der Waals surface area contributed by atoms with Crippen molar-refractivity contribution in [3.05, 3.63) is 40.0 Å². The van der Waals surface area contributed by atoms with E-state index in [0.717, 1.165) is 17.1 Å². The Balaban J connectivity index is 2.29. The Kier molecular flexibility index (Phi) is 3.12. The monoisotopic (exact) mass is 240 g/mol. The molecule has 2 nitrogen and oxygen atoms in total. The van der Waals surface area contributed by atoms with Crippen LogP contribution in [-0.2, 0) is 6.42 Å². The summed E-state index contributed by atoms with van der Waals surface area (Å²) in [4.78, 5) is 4.57. The standard InChI is InChI=1S/C11H13ClN2S/c1-3-10-13-9(7-15-10)11-8(2)5-4-6-14(11)12/h4-7,11H,3H2,1-2H3. The first-order valence-corrected chi connectivity index (χ1v) is 6.17. The van der Waals surface area contributed by atoms with Gasteiger partial charge >= 0.3 is 0 Å². The Morgan fingerprint density at radius 2 is 2.40 bits per heavy atom. The van der Waals surface area contributed by atoms with Gasteiger partial charge in [-0.3, -0.25) is 4.42 Å². The molecule has 0 N–H and O–H groups in total. The van der Waals surface area contributed by atoms with Crippen LogP contribution in [0.25, 0.3) is 0 Å². The van der Waals surface area contributed by atoms with E-state index < -0.39 is 0 Å². The topological polar surface area (TPSA) is 16.1 Å². The highest BCUT2D eigenvalue weighted by Gasteiger charge is 2.22. The van der Waals surface area contributed by atoms with Gasteiger partial charge in [0, 0.05) is 23.4 Å². The molecule has 0 aliphatic carbocycles. The van der Waals surface area contributed by atoms with Crippen LogP contribution in [0.1, 0.15) is 30.6 Å². The quantitative estimate of drug-likeness (QED) is 0.734. The molecule has 4 heteroatoms. The molecule has 80 valence electrons. The number of aryl methyl sites for hydroxylation is 1. The molecule has 0 radical (unpaired) electrons. The van der Waals surface area contributed by atoms with E-state index in [1.165, 1.54) is 5.57 Å². The molecular weight excluding hydrogens is 228 g/mol. The van der Waals surface area contributed by atoms with Crippen LogP contribution in [0, 0.1) is 0 Å². The van der Waals surface area contributed by atoms with E-state index in [0.29, 0.717) is 0 Å². The zero-order valence-electron chi connectivity index (χ0n) is 8.77. The van der Waals surface area contributed by atoms with Crippen molar-refractivity contribution in [1.82, 2.24) is 9.40 Å². The first-order valence-electron chi connectivity index (χ1n) is 4.95. The number of hydrogen-bond donors (Lipinski definition) is 0. The number of thiazole rings is 1. The third-order valence-electron chi connectivity index (χ3n) is 2.42. The average molecular weight is 241 g/mol. The van der Waals surface area contributed by atoms with Crippen molar-refractivity contribution in [1.29, 1.82) is 0 Å². The summed E-state index contributed by atoms with van der Waals surface area (Å²) >= 11 is 7.83. The maximum atomic E-state index is 6.13. The third-order valence-corrected chi connectivity index (χ3v) is 3.74. The largest absolute Gasteiger partial charge is 0.279 e. The molecule has 0 fully saturated rings. The number of nitrogens with zero attached hydrogens (tertiary/aromatic N) is 2. The zero-order valence-corrected chi connectivity index (χ0v) is 10.3. The van der Waals surface area contributed by atoms with Crippen molar-refractivity contribution in [2.45, 2.75) is 26.3 Å². The number of aromatic nitrogens is 1. The number of halogens is 1. The predicted molar refractivity (Wildman–Crippen MR) is 64.8 cm³/mol. The maximum absolute atomic E-state index is 6.13. The summed E-state index contributed by atoms with van der Waals surface area (Å²) in [5, 5.41) is 3.26. The van der Waals surface area contributed by atoms with Crippen molar-refractivity contribution in [2.75, 3.05) is 0 Å². The van der Waals surface area contributed by atoms with Gasteiger partial charge in [0.25, 0.3) is 0 Å². The van der Waals surface area contributed by atoms with E-state index in [-0.39, 0.29) is 6.04 Å². The summed E-state index contributed by atoms with van der Waals surface area (Å²) in [7, 11) is 0. The van der Waals surface area contributed by atoms with Crippen molar-refractivity contribution >= 4 is 23.1 Å². The van der Waals surface area contributed by atoms with Crippen molar-refractivity contribution in [2.24, 2.45) is 0 Å². The van der Waals surface area contributed by atoms with Crippen LogP contribution in [0.5, 0.6) is 0 Å². The summed E-state index contributed by atoms with van der Waals surface area (Å²) in [5.74, 6) is 0. The minimum absolute atomic E-state index is 0.0909. The fourth-order valence-electron chi connectivity index (χ4n) is 1.62. The Hall–Kier alpha value is -0.800. The first kappa shape index (κ1) is 10.7. The van der Waals surface area contributed by atoms with Crippen LogP contribution in [0.4, 0.5) is 0 Å². The molecule has 0 spiro atoms. The summed E-state index contributed by atoms with van der Waals surface area (Å²) in [6.45, 7) is 4.19. The summed E-state index contributed by atoms with van der Waals surface area (Å²) in [6.07, 6.45) is 6.88. The summed E-state index contributed by atoms with van der Waals surface area (Å²) in [5.41, 5.74) is 2.27. The smallest absolute Gasteiger partial charge is 0.109 e. The minimum Gasteiger partial charge on any atom is -0.279 e. The lowest BCUT2D eigenvalue weighted by atomic mass is 10.0. The molecule has 1 aromatic rings. The molecule has 0 bridgehead atoms. The van der Waals surface area contributed by atoms with E-state index in [1.807, 2.05) is 12.3 Å². The highest BCUT2D eigenvalue weighted by atomic mass is 35.5. The van der Waals surface area contributed by atoms with Crippen LogP contribution in [0.3, 0.4) is 0 Å². The van der Waals surface area contributed by atoms with Gasteiger partial charge in [0.2, 0.25) is 0 Å². The molecule has 0 amide bonds. The minimum atomic E-state index is 0.0909. The van der Waals surface area contributed by atoms with Crippen LogP contribution in [-0.4, -0.2) is 9.40 Å². The van der Waals surface area contributed by atoms with E-state index >= 15 is 0 Å². The van der Waals surface area contributed by atoms with Gasteiger partial charge in [-0.05, 0) is 25.0 Å². The van der Waals surface area contributed by atoms with Gasteiger partial charge in [0.05, 0.1) is 10.7 Å². The summed E-state index contributed by atoms with van der Waals surface area (Å²) in [6, 6.07) is 0.0909. The second kappa shape index (κ2) is 4.37. The lowest BCUT2D eigenvalue weighted by Crippen LogP contribution is -2.17. The van der Waals surface area contributed by atoms with E-state index in [9.17, 15) is 0 Å². The second-order valence-electron chi connectivity index (χ2n) is 3.52. The highest BCUT2D eigenvalue weighted by Crippen LogP contribution is 2.33. The molecule has 15 heavy (non-hydrogen) atoms. The number of hydrogen-bond acceptors (Lipinski definition) is 3. The molecule has 0 saturated heterocycles. The average Bonchev–Trinajstić information content (AvgIpc) is 2.66. The predicted octanol–water partition coefficient (Wildman–Crippen LogP) is 3.68. The van der Waals surface area contributed by atoms with E-state index in [2.05, 4.69) is 30.3 Å². The van der Waals surface area contributed by atoms with Gasteiger partial charge in [0.1, 0.15) is 6.04 Å². The van der Waals surface area contributed by atoms with Gasteiger partial charge in [-0.25, -0.2) is 4.98 Å². The molecule has 0 saturated carbocycles. The zero-order chi connectivity index (χ0) is 10.8. The van der Waals surface area contributed by atoms with Gasteiger partial charge < -0.3 is 0 Å².